The van der Waals surface area contributed by atoms with Gasteiger partial charge in [-0.15, -0.1) is 5.10 Å². The van der Waals surface area contributed by atoms with E-state index in [1.807, 2.05) is 7.05 Å². The van der Waals surface area contributed by atoms with Gasteiger partial charge in [-0.1, -0.05) is 18.2 Å². The number of thioether (sulfide) groups is 1. The normalized spacial score (nSPS) is 26.0. The van der Waals surface area contributed by atoms with E-state index in [0.29, 0.717) is 11.3 Å². The fraction of sp³-hybridized carbons (Fsp3) is 0.778. The van der Waals surface area contributed by atoms with Crippen molar-refractivity contribution in [3.8, 4) is 0 Å². The predicted octanol–water partition coefficient (Wildman–Crippen LogP) is 0.341. The average Bonchev–Trinajstić information content (AvgIpc) is 2.80. The summed E-state index contributed by atoms with van der Waals surface area (Å²) in [6.45, 7) is 0. The highest BCUT2D eigenvalue weighted by molar-refractivity contribution is 7.99. The van der Waals surface area contributed by atoms with Crippen LogP contribution in [0.25, 0.3) is 0 Å². The van der Waals surface area contributed by atoms with Crippen LogP contribution in [0.5, 0.6) is 0 Å². The Bertz CT molecular complexity index is 386. The monoisotopic (exact) mass is 228 g/mol. The first-order valence-corrected chi connectivity index (χ1v) is 6.05. The first-order valence-electron chi connectivity index (χ1n) is 5.17. The summed E-state index contributed by atoms with van der Waals surface area (Å²) in [7, 11) is 3.74. The van der Waals surface area contributed by atoms with Crippen molar-refractivity contribution in [3.63, 3.8) is 0 Å². The van der Waals surface area contributed by atoms with E-state index in [1.54, 1.807) is 23.4 Å². The van der Waals surface area contributed by atoms with E-state index in [9.17, 15) is 4.79 Å². The molecule has 1 aliphatic carbocycles. The predicted molar refractivity (Wildman–Crippen MR) is 60.2 cm³/mol. The van der Waals surface area contributed by atoms with Crippen molar-refractivity contribution in [1.29, 1.82) is 0 Å². The lowest BCUT2D eigenvalue weighted by Crippen LogP contribution is -2.31. The van der Waals surface area contributed by atoms with Gasteiger partial charge in [0, 0.05) is 18.3 Å². The van der Waals surface area contributed by atoms with E-state index >= 15 is 0 Å². The zero-order chi connectivity index (χ0) is 10.8. The van der Waals surface area contributed by atoms with Gasteiger partial charge in [0.2, 0.25) is 0 Å². The summed E-state index contributed by atoms with van der Waals surface area (Å²) in [5.74, 6) is 0. The van der Waals surface area contributed by atoms with Gasteiger partial charge >= 0.3 is 5.69 Å². The Kier molecular flexibility index (Phi) is 3.16. The van der Waals surface area contributed by atoms with Gasteiger partial charge in [-0.3, -0.25) is 4.57 Å². The quantitative estimate of drug-likeness (QED) is 0.783. The molecule has 1 saturated carbocycles. The number of hydrogen-bond acceptors (Lipinski definition) is 4. The molecule has 0 saturated heterocycles. The van der Waals surface area contributed by atoms with Gasteiger partial charge in [-0.2, -0.15) is 0 Å². The molecule has 2 atom stereocenters. The number of aromatic amines is 1. The number of nitrogens with one attached hydrogen (secondary N) is 2. The highest BCUT2D eigenvalue weighted by Crippen LogP contribution is 2.33. The number of hydrogen-bond donors (Lipinski definition) is 2. The summed E-state index contributed by atoms with van der Waals surface area (Å²) in [6.07, 6.45) is 3.66. The number of H-pyrrole nitrogens is 1. The molecular formula is C9H16N4OS. The van der Waals surface area contributed by atoms with E-state index in [1.165, 1.54) is 19.3 Å². The van der Waals surface area contributed by atoms with Crippen LogP contribution >= 0.6 is 11.8 Å². The van der Waals surface area contributed by atoms with Crippen LogP contribution in [0.15, 0.2) is 9.95 Å². The van der Waals surface area contributed by atoms with Gasteiger partial charge in [0.05, 0.1) is 0 Å². The molecule has 2 rings (SSSR count). The van der Waals surface area contributed by atoms with E-state index in [4.69, 9.17) is 0 Å². The van der Waals surface area contributed by atoms with Crippen LogP contribution in [-0.2, 0) is 7.05 Å². The van der Waals surface area contributed by atoms with Crippen molar-refractivity contribution >= 4 is 11.8 Å². The van der Waals surface area contributed by atoms with Gasteiger partial charge in [0.25, 0.3) is 0 Å². The van der Waals surface area contributed by atoms with Crippen LogP contribution in [0.1, 0.15) is 19.3 Å². The Labute approximate surface area is 92.6 Å². The van der Waals surface area contributed by atoms with Crippen molar-refractivity contribution in [3.05, 3.63) is 10.5 Å². The lowest BCUT2D eigenvalue weighted by atomic mass is 10.2. The van der Waals surface area contributed by atoms with Crippen LogP contribution in [0.3, 0.4) is 0 Å². The van der Waals surface area contributed by atoms with Crippen LogP contribution in [0, 0.1) is 0 Å². The molecule has 15 heavy (non-hydrogen) atoms. The molecular weight excluding hydrogens is 212 g/mol. The molecule has 1 heterocycles. The molecule has 0 radical (unpaired) electrons. The maximum absolute atomic E-state index is 11.2. The molecule has 6 heteroatoms. The van der Waals surface area contributed by atoms with Crippen molar-refractivity contribution in [2.24, 2.45) is 7.05 Å². The molecule has 1 aliphatic rings. The second-order valence-electron chi connectivity index (χ2n) is 3.85. The van der Waals surface area contributed by atoms with Crippen LogP contribution in [0.2, 0.25) is 0 Å². The molecule has 1 aromatic rings. The van der Waals surface area contributed by atoms with Crippen molar-refractivity contribution in [2.45, 2.75) is 35.7 Å². The third-order valence-corrected chi connectivity index (χ3v) is 4.36. The first-order chi connectivity index (χ1) is 7.22. The van der Waals surface area contributed by atoms with Gasteiger partial charge in [0.15, 0.2) is 5.16 Å². The number of aromatic nitrogens is 3. The Morgan fingerprint density at radius 1 is 1.60 bits per heavy atom. The lowest BCUT2D eigenvalue weighted by Gasteiger charge is -2.17. The summed E-state index contributed by atoms with van der Waals surface area (Å²) in [5, 5.41) is 11.1. The summed E-state index contributed by atoms with van der Waals surface area (Å²) in [6, 6.07) is 0.543. The number of rotatable bonds is 3. The highest BCUT2D eigenvalue weighted by atomic mass is 32.2. The molecule has 2 unspecified atom stereocenters. The van der Waals surface area contributed by atoms with Gasteiger partial charge < -0.3 is 5.32 Å². The maximum Gasteiger partial charge on any atom is 0.343 e. The molecule has 0 amide bonds. The summed E-state index contributed by atoms with van der Waals surface area (Å²) in [5.41, 5.74) is -0.142. The van der Waals surface area contributed by atoms with E-state index in [0.717, 1.165) is 5.16 Å². The van der Waals surface area contributed by atoms with Crippen LogP contribution < -0.4 is 11.0 Å². The van der Waals surface area contributed by atoms with Crippen molar-refractivity contribution in [2.75, 3.05) is 7.05 Å². The molecule has 0 spiro atoms. The van der Waals surface area contributed by atoms with Gasteiger partial charge in [0.1, 0.15) is 0 Å². The maximum atomic E-state index is 11.2. The Balaban J connectivity index is 2.08. The molecule has 1 fully saturated rings. The standard InChI is InChI=1S/C9H16N4OS/c1-10-6-4-3-5-7(6)15-9-12-11-8(14)13(9)2/h6-7,10H,3-5H2,1-2H3,(H,11,14). The second kappa shape index (κ2) is 4.40. The summed E-state index contributed by atoms with van der Waals surface area (Å²) in [4.78, 5) is 11.2. The zero-order valence-corrected chi connectivity index (χ0v) is 9.80. The van der Waals surface area contributed by atoms with Gasteiger partial charge in [-0.25, -0.2) is 9.89 Å². The number of nitrogens with zero attached hydrogens (tertiary/aromatic N) is 2. The molecule has 0 bridgehead atoms. The van der Waals surface area contributed by atoms with Crippen molar-refractivity contribution < 1.29 is 0 Å². The minimum absolute atomic E-state index is 0.142. The first kappa shape index (κ1) is 10.8. The Morgan fingerprint density at radius 2 is 2.40 bits per heavy atom. The largest absolute Gasteiger partial charge is 0.343 e. The van der Waals surface area contributed by atoms with E-state index < -0.39 is 0 Å². The average molecular weight is 228 g/mol. The van der Waals surface area contributed by atoms with Crippen LogP contribution in [0.4, 0.5) is 0 Å². The van der Waals surface area contributed by atoms with E-state index in [-0.39, 0.29) is 5.69 Å². The fourth-order valence-corrected chi connectivity index (χ4v) is 3.30. The summed E-state index contributed by atoms with van der Waals surface area (Å²) >= 11 is 1.69. The molecule has 1 aromatic heterocycles. The lowest BCUT2D eigenvalue weighted by molar-refractivity contribution is 0.589. The fourth-order valence-electron chi connectivity index (χ4n) is 1.97. The Morgan fingerprint density at radius 3 is 3.00 bits per heavy atom. The molecule has 2 N–H and O–H groups in total. The highest BCUT2D eigenvalue weighted by Gasteiger charge is 2.28. The zero-order valence-electron chi connectivity index (χ0n) is 8.99. The molecule has 84 valence electrons. The third kappa shape index (κ3) is 2.10. The SMILES string of the molecule is CNC1CCCC1Sc1n[nH]c(=O)n1C. The molecule has 0 aromatic carbocycles. The van der Waals surface area contributed by atoms with Crippen molar-refractivity contribution in [1.82, 2.24) is 20.1 Å². The van der Waals surface area contributed by atoms with E-state index in [2.05, 4.69) is 15.5 Å². The molecule has 5 nitrogen and oxygen atoms in total. The smallest absolute Gasteiger partial charge is 0.316 e. The topological polar surface area (TPSA) is 62.7 Å². The molecule has 0 aliphatic heterocycles. The second-order valence-corrected chi connectivity index (χ2v) is 5.06. The van der Waals surface area contributed by atoms with Crippen LogP contribution in [-0.4, -0.2) is 33.1 Å². The van der Waals surface area contributed by atoms with Gasteiger partial charge in [-0.05, 0) is 19.9 Å². The minimum Gasteiger partial charge on any atom is -0.316 e. The summed E-state index contributed by atoms with van der Waals surface area (Å²) < 4.78 is 1.57. The minimum atomic E-state index is -0.142. The Hall–Kier alpha value is -0.750. The third-order valence-electron chi connectivity index (χ3n) is 2.92.